The number of aromatic nitrogens is 1. The molecule has 1 aromatic heterocycles. The molecule has 3 aromatic rings. The van der Waals surface area contributed by atoms with Gasteiger partial charge in [-0.1, -0.05) is 77.8 Å². The Kier molecular flexibility index (Phi) is 8.34. The number of carbonyl (C=O) groups excluding carboxylic acids is 1. The Labute approximate surface area is 232 Å². The first-order valence-electron chi connectivity index (χ1n) is 14.0. The van der Waals surface area contributed by atoms with Crippen LogP contribution in [0, 0.1) is 11.3 Å². The molecule has 1 aliphatic rings. The number of nitrogens with zero attached hydrogens (tertiary/aromatic N) is 1. The fourth-order valence-electron chi connectivity index (χ4n) is 5.88. The van der Waals surface area contributed by atoms with Gasteiger partial charge < -0.3 is 15.2 Å². The van der Waals surface area contributed by atoms with E-state index in [0.29, 0.717) is 11.7 Å². The van der Waals surface area contributed by atoms with Crippen LogP contribution < -0.4 is 10.1 Å². The lowest BCUT2D eigenvalue weighted by molar-refractivity contribution is -0.139. The second-order valence-electron chi connectivity index (χ2n) is 12.8. The highest BCUT2D eigenvalue weighted by molar-refractivity contribution is 5.99. The summed E-state index contributed by atoms with van der Waals surface area (Å²) in [7, 11) is 1.64. The lowest BCUT2D eigenvalue weighted by atomic mass is 9.77. The quantitative estimate of drug-likeness (QED) is 0.308. The number of fused-ring (bicyclic) bond motifs is 1. The van der Waals surface area contributed by atoms with E-state index in [9.17, 15) is 9.59 Å². The monoisotopic (exact) mass is 530 g/mol. The largest absolute Gasteiger partial charge is 0.496 e. The number of carboxylic acid groups (broad SMARTS) is 1. The molecule has 0 bridgehead atoms. The van der Waals surface area contributed by atoms with Crippen LogP contribution in [0.1, 0.15) is 99.8 Å². The molecule has 39 heavy (non-hydrogen) atoms. The van der Waals surface area contributed by atoms with E-state index in [-0.39, 0.29) is 35.9 Å². The fourth-order valence-corrected chi connectivity index (χ4v) is 5.88. The van der Waals surface area contributed by atoms with Gasteiger partial charge in [0, 0.05) is 29.4 Å². The molecule has 0 radical (unpaired) electrons. The average molecular weight is 531 g/mol. The summed E-state index contributed by atoms with van der Waals surface area (Å²) in [6.45, 7) is 10.6. The maximum Gasteiger partial charge on any atom is 0.303 e. The molecule has 1 saturated carbocycles. The van der Waals surface area contributed by atoms with Crippen molar-refractivity contribution in [1.29, 1.82) is 0 Å². The number of ether oxygens (including phenoxy) is 1. The highest BCUT2D eigenvalue weighted by Crippen LogP contribution is 2.45. The summed E-state index contributed by atoms with van der Waals surface area (Å²) in [6.07, 6.45) is 6.65. The molecule has 6 nitrogen and oxygen atoms in total. The van der Waals surface area contributed by atoms with Crippen molar-refractivity contribution in [2.24, 2.45) is 11.3 Å². The minimum atomic E-state index is -0.889. The summed E-state index contributed by atoms with van der Waals surface area (Å²) in [4.78, 5) is 28.7. The molecular weight excluding hydrogens is 488 g/mol. The van der Waals surface area contributed by atoms with Gasteiger partial charge in [0.2, 0.25) is 0 Å². The third kappa shape index (κ3) is 6.60. The summed E-state index contributed by atoms with van der Waals surface area (Å²) in [5.74, 6) is 0.257. The van der Waals surface area contributed by atoms with Gasteiger partial charge >= 0.3 is 5.97 Å². The number of carbonyl (C=O) groups is 2. The maximum absolute atomic E-state index is 13.0. The molecule has 1 fully saturated rings. The second kappa shape index (κ2) is 11.4. The van der Waals surface area contributed by atoms with E-state index in [1.807, 2.05) is 19.9 Å². The SMILES string of the molecule is COc1ccc(C(c2ccc(C(C)(C)C)cc2)C2CCCC2)c2cnc(C(=O)NCC(C)(C)CC(=O)O)cc12. The van der Waals surface area contributed by atoms with Crippen LogP contribution in [0.3, 0.4) is 0 Å². The number of aliphatic carboxylic acids is 1. The molecule has 1 unspecified atom stereocenters. The van der Waals surface area contributed by atoms with E-state index in [1.165, 1.54) is 42.4 Å². The first-order chi connectivity index (χ1) is 18.4. The number of pyridine rings is 1. The Hall–Kier alpha value is -3.41. The number of methoxy groups -OCH3 is 1. The van der Waals surface area contributed by atoms with E-state index in [2.05, 4.69) is 61.4 Å². The summed E-state index contributed by atoms with van der Waals surface area (Å²) in [5, 5.41) is 13.9. The van der Waals surface area contributed by atoms with Crippen molar-refractivity contribution in [3.05, 3.63) is 71.0 Å². The van der Waals surface area contributed by atoms with Crippen molar-refractivity contribution >= 4 is 22.6 Å². The van der Waals surface area contributed by atoms with Crippen LogP contribution in [-0.2, 0) is 10.2 Å². The van der Waals surface area contributed by atoms with Crippen LogP contribution in [0.15, 0.2) is 48.7 Å². The number of amides is 1. The predicted octanol–water partition coefficient (Wildman–Crippen LogP) is 7.09. The molecule has 1 aliphatic carbocycles. The minimum absolute atomic E-state index is 0.0328. The number of nitrogens with one attached hydrogen (secondary N) is 1. The van der Waals surface area contributed by atoms with Gasteiger partial charge in [-0.2, -0.15) is 0 Å². The molecular formula is C33H42N2O4. The van der Waals surface area contributed by atoms with Gasteiger partial charge in [-0.15, -0.1) is 0 Å². The Morgan fingerprint density at radius 1 is 1.03 bits per heavy atom. The normalized spacial score (nSPS) is 15.3. The highest BCUT2D eigenvalue weighted by atomic mass is 16.5. The zero-order valence-corrected chi connectivity index (χ0v) is 24.1. The van der Waals surface area contributed by atoms with Crippen LogP contribution >= 0.6 is 0 Å². The van der Waals surface area contributed by atoms with Crippen LogP contribution in [0.4, 0.5) is 0 Å². The van der Waals surface area contributed by atoms with Gasteiger partial charge in [0.1, 0.15) is 11.4 Å². The van der Waals surface area contributed by atoms with E-state index < -0.39 is 11.4 Å². The van der Waals surface area contributed by atoms with E-state index in [0.717, 1.165) is 10.8 Å². The molecule has 4 rings (SSSR count). The topological polar surface area (TPSA) is 88.5 Å². The number of hydrogen-bond donors (Lipinski definition) is 2. The number of benzene rings is 2. The summed E-state index contributed by atoms with van der Waals surface area (Å²) in [5.41, 5.74) is 3.65. The number of rotatable bonds is 9. The second-order valence-corrected chi connectivity index (χ2v) is 12.8. The lowest BCUT2D eigenvalue weighted by Gasteiger charge is -2.27. The third-order valence-electron chi connectivity index (χ3n) is 8.05. The van der Waals surface area contributed by atoms with Crippen LogP contribution in [0.5, 0.6) is 5.75 Å². The van der Waals surface area contributed by atoms with Crippen LogP contribution in [-0.4, -0.2) is 35.6 Å². The first-order valence-corrected chi connectivity index (χ1v) is 14.0. The third-order valence-corrected chi connectivity index (χ3v) is 8.05. The zero-order valence-electron chi connectivity index (χ0n) is 24.1. The summed E-state index contributed by atoms with van der Waals surface area (Å²) >= 11 is 0. The highest BCUT2D eigenvalue weighted by Gasteiger charge is 2.30. The molecule has 2 N–H and O–H groups in total. The zero-order chi connectivity index (χ0) is 28.4. The van der Waals surface area contributed by atoms with Crippen LogP contribution in [0.25, 0.3) is 10.8 Å². The van der Waals surface area contributed by atoms with Crippen molar-refractivity contribution in [1.82, 2.24) is 10.3 Å². The Balaban J connectivity index is 1.73. The van der Waals surface area contributed by atoms with Crippen molar-refractivity contribution < 1.29 is 19.4 Å². The number of carboxylic acids is 1. The first kappa shape index (κ1) is 28.6. The van der Waals surface area contributed by atoms with E-state index >= 15 is 0 Å². The Morgan fingerprint density at radius 3 is 2.28 bits per heavy atom. The van der Waals surface area contributed by atoms with Crippen molar-refractivity contribution in [3.8, 4) is 5.75 Å². The molecule has 6 heteroatoms. The summed E-state index contributed by atoms with van der Waals surface area (Å²) in [6, 6.07) is 15.1. The van der Waals surface area contributed by atoms with Crippen molar-refractivity contribution in [3.63, 3.8) is 0 Å². The van der Waals surface area contributed by atoms with Gasteiger partial charge in [-0.05, 0) is 58.4 Å². The fraction of sp³-hybridized carbons (Fsp3) is 0.485. The summed E-state index contributed by atoms with van der Waals surface area (Å²) < 4.78 is 5.71. The van der Waals surface area contributed by atoms with Crippen LogP contribution in [0.2, 0.25) is 0 Å². The van der Waals surface area contributed by atoms with E-state index in [4.69, 9.17) is 9.84 Å². The Bertz CT molecular complexity index is 1330. The molecule has 0 saturated heterocycles. The molecule has 0 aliphatic heterocycles. The van der Waals surface area contributed by atoms with Crippen molar-refractivity contribution in [2.75, 3.05) is 13.7 Å². The van der Waals surface area contributed by atoms with Gasteiger partial charge in [0.15, 0.2) is 0 Å². The predicted molar refractivity (Wildman–Crippen MR) is 156 cm³/mol. The van der Waals surface area contributed by atoms with Gasteiger partial charge in [0.25, 0.3) is 5.91 Å². The molecule has 1 amide bonds. The lowest BCUT2D eigenvalue weighted by Crippen LogP contribution is -2.35. The molecule has 1 heterocycles. The minimum Gasteiger partial charge on any atom is -0.496 e. The molecule has 208 valence electrons. The molecule has 1 atom stereocenters. The smallest absolute Gasteiger partial charge is 0.303 e. The average Bonchev–Trinajstić information content (AvgIpc) is 3.41. The standard InChI is InChI=1S/C33H42N2O4/c1-32(2,3)23-13-11-22(12-14-23)30(21-9-7-8-10-21)24-15-16-28(39-6)25-17-27(34-19-26(24)25)31(38)35-20-33(4,5)18-29(36)37/h11-17,19,21,30H,7-10,18,20H2,1-6H3,(H,35,38)(H,36,37). The van der Waals surface area contributed by atoms with Gasteiger partial charge in [0.05, 0.1) is 13.5 Å². The van der Waals surface area contributed by atoms with E-state index in [1.54, 1.807) is 19.4 Å². The maximum atomic E-state index is 13.0. The molecule has 0 spiro atoms. The Morgan fingerprint density at radius 2 is 1.69 bits per heavy atom. The number of hydrogen-bond acceptors (Lipinski definition) is 4. The molecule has 2 aromatic carbocycles. The van der Waals surface area contributed by atoms with Crippen molar-refractivity contribution in [2.45, 2.75) is 78.1 Å². The van der Waals surface area contributed by atoms with Gasteiger partial charge in [-0.3, -0.25) is 14.6 Å². The van der Waals surface area contributed by atoms with Gasteiger partial charge in [-0.25, -0.2) is 0 Å².